The van der Waals surface area contributed by atoms with Gasteiger partial charge in [-0.1, -0.05) is 12.1 Å². The van der Waals surface area contributed by atoms with E-state index in [4.69, 9.17) is 5.73 Å². The van der Waals surface area contributed by atoms with Crippen molar-refractivity contribution in [2.24, 2.45) is 0 Å². The number of nitrogen functional groups attached to an aromatic ring is 1. The number of hydrogen-bond donors (Lipinski definition) is 1. The fourth-order valence-electron chi connectivity index (χ4n) is 2.21. The molecular formula is C16H19FN2. The zero-order valence-corrected chi connectivity index (χ0v) is 11.6. The van der Waals surface area contributed by atoms with Gasteiger partial charge in [-0.3, -0.25) is 0 Å². The fourth-order valence-corrected chi connectivity index (χ4v) is 2.21. The van der Waals surface area contributed by atoms with Crippen molar-refractivity contribution in [3.63, 3.8) is 0 Å². The first-order valence-corrected chi connectivity index (χ1v) is 6.29. The van der Waals surface area contributed by atoms with Gasteiger partial charge in [0.1, 0.15) is 5.82 Å². The number of nitrogens with two attached hydrogens (primary N) is 1. The topological polar surface area (TPSA) is 29.3 Å². The van der Waals surface area contributed by atoms with Crippen LogP contribution in [0.15, 0.2) is 36.4 Å². The van der Waals surface area contributed by atoms with Gasteiger partial charge in [-0.2, -0.15) is 0 Å². The molecule has 0 unspecified atom stereocenters. The summed E-state index contributed by atoms with van der Waals surface area (Å²) >= 11 is 0. The minimum atomic E-state index is -0.355. The van der Waals surface area contributed by atoms with Crippen LogP contribution in [0.4, 0.5) is 15.8 Å². The molecule has 0 bridgehead atoms. The monoisotopic (exact) mass is 258 g/mol. The Balaban J connectivity index is 2.20. The van der Waals surface area contributed by atoms with Crippen molar-refractivity contribution < 1.29 is 4.39 Å². The molecule has 0 aliphatic carbocycles. The van der Waals surface area contributed by atoms with E-state index in [1.165, 1.54) is 17.2 Å². The number of benzene rings is 2. The van der Waals surface area contributed by atoms with Gasteiger partial charge >= 0.3 is 0 Å². The van der Waals surface area contributed by atoms with E-state index < -0.39 is 0 Å². The quantitative estimate of drug-likeness (QED) is 0.851. The Morgan fingerprint density at radius 3 is 2.26 bits per heavy atom. The number of rotatable bonds is 3. The highest BCUT2D eigenvalue weighted by Gasteiger charge is 2.06. The molecule has 0 radical (unpaired) electrons. The maximum absolute atomic E-state index is 13.4. The average molecular weight is 258 g/mol. The normalized spacial score (nSPS) is 10.5. The molecule has 2 rings (SSSR count). The summed E-state index contributed by atoms with van der Waals surface area (Å²) in [6.45, 7) is 4.81. The number of aryl methyl sites for hydroxylation is 2. The molecule has 0 atom stereocenters. The molecule has 2 aromatic rings. The summed E-state index contributed by atoms with van der Waals surface area (Å²) < 4.78 is 13.4. The molecule has 0 saturated carbocycles. The largest absolute Gasteiger partial charge is 0.396 e. The Hall–Kier alpha value is -2.03. The van der Waals surface area contributed by atoms with Crippen molar-refractivity contribution in [2.75, 3.05) is 17.7 Å². The van der Waals surface area contributed by atoms with Crippen LogP contribution in [0.5, 0.6) is 0 Å². The third-order valence-corrected chi connectivity index (χ3v) is 3.13. The molecule has 0 aliphatic rings. The maximum Gasteiger partial charge on any atom is 0.146 e. The summed E-state index contributed by atoms with van der Waals surface area (Å²) in [5, 5.41) is 0. The van der Waals surface area contributed by atoms with E-state index in [0.29, 0.717) is 6.54 Å². The molecule has 0 amide bonds. The summed E-state index contributed by atoms with van der Waals surface area (Å²) in [5.74, 6) is -0.355. The molecular weight excluding hydrogens is 239 g/mol. The van der Waals surface area contributed by atoms with Crippen molar-refractivity contribution in [3.8, 4) is 0 Å². The van der Waals surface area contributed by atoms with E-state index in [-0.39, 0.29) is 11.5 Å². The number of nitrogens with zero attached hydrogens (tertiary/aromatic N) is 1. The second kappa shape index (κ2) is 5.31. The molecule has 0 fully saturated rings. The Morgan fingerprint density at radius 1 is 1.05 bits per heavy atom. The average Bonchev–Trinajstić information content (AvgIpc) is 2.32. The zero-order valence-electron chi connectivity index (χ0n) is 11.6. The van der Waals surface area contributed by atoms with Crippen LogP contribution in [0.25, 0.3) is 0 Å². The first kappa shape index (κ1) is 13.4. The highest BCUT2D eigenvalue weighted by atomic mass is 19.1. The van der Waals surface area contributed by atoms with E-state index >= 15 is 0 Å². The highest BCUT2D eigenvalue weighted by Crippen LogP contribution is 2.20. The molecule has 0 heterocycles. The minimum Gasteiger partial charge on any atom is -0.396 e. The summed E-state index contributed by atoms with van der Waals surface area (Å²) in [5.41, 5.74) is 10.2. The van der Waals surface area contributed by atoms with Gasteiger partial charge in [-0.05, 0) is 54.8 Å². The smallest absolute Gasteiger partial charge is 0.146 e. The van der Waals surface area contributed by atoms with Gasteiger partial charge in [0, 0.05) is 19.3 Å². The molecule has 2 aromatic carbocycles. The van der Waals surface area contributed by atoms with Gasteiger partial charge in [0.05, 0.1) is 5.69 Å². The van der Waals surface area contributed by atoms with Gasteiger partial charge in [0.25, 0.3) is 0 Å². The second-order valence-electron chi connectivity index (χ2n) is 5.06. The standard InChI is InChI=1S/C16H19FN2/c1-11-6-12(2)8-14(7-11)19(3)10-13-4-5-16(18)15(17)9-13/h4-9H,10,18H2,1-3H3. The molecule has 0 saturated heterocycles. The Bertz CT molecular complexity index is 573. The predicted octanol–water partition coefficient (Wildman–Crippen LogP) is 3.66. The summed E-state index contributed by atoms with van der Waals surface area (Å²) in [6, 6.07) is 11.4. The van der Waals surface area contributed by atoms with E-state index in [9.17, 15) is 4.39 Å². The molecule has 2 N–H and O–H groups in total. The molecule has 3 heteroatoms. The minimum absolute atomic E-state index is 0.192. The molecule has 100 valence electrons. The second-order valence-corrected chi connectivity index (χ2v) is 5.06. The van der Waals surface area contributed by atoms with Gasteiger partial charge in [0.15, 0.2) is 0 Å². The molecule has 0 aliphatic heterocycles. The SMILES string of the molecule is Cc1cc(C)cc(N(C)Cc2ccc(N)c(F)c2)c1. The van der Waals surface area contributed by atoms with Crippen LogP contribution in [0.1, 0.15) is 16.7 Å². The fraction of sp³-hybridized carbons (Fsp3) is 0.250. The molecule has 19 heavy (non-hydrogen) atoms. The van der Waals surface area contributed by atoms with Crippen LogP contribution in [-0.4, -0.2) is 7.05 Å². The molecule has 0 aromatic heterocycles. The van der Waals surface area contributed by atoms with Crippen LogP contribution in [0.2, 0.25) is 0 Å². The van der Waals surface area contributed by atoms with Crippen molar-refractivity contribution in [3.05, 3.63) is 58.9 Å². The van der Waals surface area contributed by atoms with Gasteiger partial charge in [-0.15, -0.1) is 0 Å². The lowest BCUT2D eigenvalue weighted by molar-refractivity contribution is 0.630. The van der Waals surface area contributed by atoms with Crippen LogP contribution >= 0.6 is 0 Å². The lowest BCUT2D eigenvalue weighted by atomic mass is 10.1. The third kappa shape index (κ3) is 3.25. The summed E-state index contributed by atoms with van der Waals surface area (Å²) in [7, 11) is 2.00. The number of anilines is 2. The van der Waals surface area contributed by atoms with Crippen molar-refractivity contribution in [1.29, 1.82) is 0 Å². The van der Waals surface area contributed by atoms with E-state index in [1.54, 1.807) is 6.07 Å². The van der Waals surface area contributed by atoms with Gasteiger partial charge in [0.2, 0.25) is 0 Å². The molecule has 0 spiro atoms. The van der Waals surface area contributed by atoms with Gasteiger partial charge < -0.3 is 10.6 Å². The van der Waals surface area contributed by atoms with E-state index in [2.05, 4.69) is 36.9 Å². The predicted molar refractivity (Wildman–Crippen MR) is 78.8 cm³/mol. The number of halogens is 1. The zero-order chi connectivity index (χ0) is 14.0. The number of hydrogen-bond acceptors (Lipinski definition) is 2. The summed E-state index contributed by atoms with van der Waals surface area (Å²) in [4.78, 5) is 2.10. The van der Waals surface area contributed by atoms with Crippen molar-refractivity contribution in [2.45, 2.75) is 20.4 Å². The first-order chi connectivity index (χ1) is 8.95. The highest BCUT2D eigenvalue weighted by molar-refractivity contribution is 5.51. The Kier molecular flexibility index (Phi) is 3.74. The lowest BCUT2D eigenvalue weighted by Gasteiger charge is -2.20. The lowest BCUT2D eigenvalue weighted by Crippen LogP contribution is -2.16. The van der Waals surface area contributed by atoms with Crippen molar-refractivity contribution in [1.82, 2.24) is 0 Å². The summed E-state index contributed by atoms with van der Waals surface area (Å²) in [6.07, 6.45) is 0. The van der Waals surface area contributed by atoms with E-state index in [1.807, 2.05) is 13.1 Å². The third-order valence-electron chi connectivity index (χ3n) is 3.13. The van der Waals surface area contributed by atoms with E-state index in [0.717, 1.165) is 11.3 Å². The van der Waals surface area contributed by atoms with Crippen molar-refractivity contribution >= 4 is 11.4 Å². The van der Waals surface area contributed by atoms with Crippen LogP contribution in [-0.2, 0) is 6.54 Å². The Morgan fingerprint density at radius 2 is 1.68 bits per heavy atom. The molecule has 2 nitrogen and oxygen atoms in total. The first-order valence-electron chi connectivity index (χ1n) is 6.29. The Labute approximate surface area is 113 Å². The maximum atomic E-state index is 13.4. The van der Waals surface area contributed by atoms with Gasteiger partial charge in [-0.25, -0.2) is 4.39 Å². The van der Waals surface area contributed by atoms with Crippen LogP contribution in [0, 0.1) is 19.7 Å². The van der Waals surface area contributed by atoms with Crippen LogP contribution < -0.4 is 10.6 Å². The van der Waals surface area contributed by atoms with Crippen LogP contribution in [0.3, 0.4) is 0 Å².